The number of aryl methyl sites for hydroxylation is 1. The monoisotopic (exact) mass is 292 g/mol. The highest BCUT2D eigenvalue weighted by Gasteiger charge is 2.22. The molecule has 2 amide bonds. The van der Waals surface area contributed by atoms with Gasteiger partial charge in [-0.2, -0.15) is 0 Å². The van der Waals surface area contributed by atoms with Crippen molar-refractivity contribution >= 4 is 24.4 Å². The standard InChI is InChI=1S/C15H20N2O2S/c1-11-5-6-12(20)9-13(11)15(19)16(2)10-14(18)17-7-3-4-8-17/h5-6,9,20H,3-4,7-8,10H2,1-2H3. The number of thiol groups is 1. The number of carbonyl (C=O) groups is 2. The molecule has 0 spiro atoms. The zero-order valence-electron chi connectivity index (χ0n) is 11.9. The van der Waals surface area contributed by atoms with Gasteiger partial charge in [0.05, 0.1) is 6.54 Å². The van der Waals surface area contributed by atoms with Crippen molar-refractivity contribution in [3.63, 3.8) is 0 Å². The van der Waals surface area contributed by atoms with E-state index in [1.165, 1.54) is 4.90 Å². The SMILES string of the molecule is Cc1ccc(S)cc1C(=O)N(C)CC(=O)N1CCCC1. The van der Waals surface area contributed by atoms with Crippen LogP contribution < -0.4 is 0 Å². The van der Waals surface area contributed by atoms with Crippen molar-refractivity contribution in [3.05, 3.63) is 29.3 Å². The number of hydrogen-bond donors (Lipinski definition) is 1. The molecule has 0 aliphatic carbocycles. The summed E-state index contributed by atoms with van der Waals surface area (Å²) in [4.78, 5) is 28.5. The second-order valence-corrected chi connectivity index (χ2v) is 5.76. The molecule has 1 fully saturated rings. The molecule has 4 nitrogen and oxygen atoms in total. The molecule has 1 aromatic carbocycles. The first-order valence-electron chi connectivity index (χ1n) is 6.82. The number of carbonyl (C=O) groups excluding carboxylic acids is 2. The smallest absolute Gasteiger partial charge is 0.254 e. The van der Waals surface area contributed by atoms with E-state index in [0.717, 1.165) is 36.4 Å². The topological polar surface area (TPSA) is 40.6 Å². The van der Waals surface area contributed by atoms with Crippen LogP contribution in [0.1, 0.15) is 28.8 Å². The lowest BCUT2D eigenvalue weighted by Crippen LogP contribution is -2.40. The summed E-state index contributed by atoms with van der Waals surface area (Å²) in [6.45, 7) is 3.64. The van der Waals surface area contributed by atoms with Crippen LogP contribution in [-0.4, -0.2) is 48.3 Å². The molecule has 0 atom stereocenters. The molecule has 0 radical (unpaired) electrons. The van der Waals surface area contributed by atoms with Gasteiger partial charge in [0.2, 0.25) is 5.91 Å². The number of likely N-dealkylation sites (tertiary alicyclic amines) is 1. The van der Waals surface area contributed by atoms with Crippen molar-refractivity contribution in [1.29, 1.82) is 0 Å². The average Bonchev–Trinajstić information content (AvgIpc) is 2.94. The largest absolute Gasteiger partial charge is 0.341 e. The van der Waals surface area contributed by atoms with Crippen LogP contribution in [0.25, 0.3) is 0 Å². The third-order valence-corrected chi connectivity index (χ3v) is 3.91. The van der Waals surface area contributed by atoms with E-state index in [1.54, 1.807) is 13.1 Å². The number of amides is 2. The van der Waals surface area contributed by atoms with Crippen LogP contribution in [0, 0.1) is 6.92 Å². The Balaban J connectivity index is 2.04. The Morgan fingerprint density at radius 3 is 2.60 bits per heavy atom. The molecule has 1 heterocycles. The second kappa shape index (κ2) is 6.31. The van der Waals surface area contributed by atoms with E-state index >= 15 is 0 Å². The highest BCUT2D eigenvalue weighted by atomic mass is 32.1. The van der Waals surface area contributed by atoms with E-state index < -0.39 is 0 Å². The summed E-state index contributed by atoms with van der Waals surface area (Å²) in [6.07, 6.45) is 2.12. The van der Waals surface area contributed by atoms with Gasteiger partial charge in [-0.25, -0.2) is 0 Å². The lowest BCUT2D eigenvalue weighted by molar-refractivity contribution is -0.130. The Kier molecular flexibility index (Phi) is 4.70. The van der Waals surface area contributed by atoms with Gasteiger partial charge in [0.15, 0.2) is 0 Å². The van der Waals surface area contributed by atoms with Crippen molar-refractivity contribution in [2.75, 3.05) is 26.7 Å². The van der Waals surface area contributed by atoms with E-state index in [-0.39, 0.29) is 18.4 Å². The molecule has 108 valence electrons. The molecule has 1 aliphatic heterocycles. The fraction of sp³-hybridized carbons (Fsp3) is 0.467. The molecule has 2 rings (SSSR count). The minimum Gasteiger partial charge on any atom is -0.341 e. The number of likely N-dealkylation sites (N-methyl/N-ethyl adjacent to an activating group) is 1. The molecule has 1 aliphatic rings. The summed E-state index contributed by atoms with van der Waals surface area (Å²) < 4.78 is 0. The van der Waals surface area contributed by atoms with Crippen molar-refractivity contribution in [2.24, 2.45) is 0 Å². The Morgan fingerprint density at radius 2 is 1.95 bits per heavy atom. The summed E-state index contributed by atoms with van der Waals surface area (Å²) in [5.41, 5.74) is 1.50. The first-order chi connectivity index (χ1) is 9.49. The lowest BCUT2D eigenvalue weighted by Gasteiger charge is -2.22. The van der Waals surface area contributed by atoms with Gasteiger partial charge in [-0.15, -0.1) is 12.6 Å². The molecule has 1 aromatic rings. The maximum absolute atomic E-state index is 12.4. The molecule has 0 N–H and O–H groups in total. The summed E-state index contributed by atoms with van der Waals surface area (Å²) in [6, 6.07) is 5.47. The molecule has 0 bridgehead atoms. The predicted molar refractivity (Wildman–Crippen MR) is 81.2 cm³/mol. The number of hydrogen-bond acceptors (Lipinski definition) is 3. The van der Waals surface area contributed by atoms with Gasteiger partial charge < -0.3 is 9.80 Å². The summed E-state index contributed by atoms with van der Waals surface area (Å²) in [5, 5.41) is 0. The van der Waals surface area contributed by atoms with Gasteiger partial charge in [-0.1, -0.05) is 6.07 Å². The molecule has 0 unspecified atom stereocenters. The van der Waals surface area contributed by atoms with Gasteiger partial charge in [0, 0.05) is 30.6 Å². The lowest BCUT2D eigenvalue weighted by atomic mass is 10.1. The van der Waals surface area contributed by atoms with Crippen LogP contribution in [0.5, 0.6) is 0 Å². The average molecular weight is 292 g/mol. The van der Waals surface area contributed by atoms with Gasteiger partial charge >= 0.3 is 0 Å². The van der Waals surface area contributed by atoms with Gasteiger partial charge in [-0.05, 0) is 37.5 Å². The molecule has 1 saturated heterocycles. The zero-order valence-corrected chi connectivity index (χ0v) is 12.8. The van der Waals surface area contributed by atoms with Crippen LogP contribution in [0.4, 0.5) is 0 Å². The maximum atomic E-state index is 12.4. The third kappa shape index (κ3) is 3.33. The number of benzene rings is 1. The Labute approximate surface area is 125 Å². The second-order valence-electron chi connectivity index (χ2n) is 5.25. The summed E-state index contributed by atoms with van der Waals surface area (Å²) in [5.74, 6) is -0.107. The molecule has 0 saturated carbocycles. The predicted octanol–water partition coefficient (Wildman–Crippen LogP) is 1.98. The highest BCUT2D eigenvalue weighted by molar-refractivity contribution is 7.80. The third-order valence-electron chi connectivity index (χ3n) is 3.63. The molecule has 0 aromatic heterocycles. The van der Waals surface area contributed by atoms with E-state index in [9.17, 15) is 9.59 Å². The van der Waals surface area contributed by atoms with Crippen molar-refractivity contribution in [2.45, 2.75) is 24.7 Å². The van der Waals surface area contributed by atoms with Gasteiger partial charge in [0.1, 0.15) is 0 Å². The fourth-order valence-electron chi connectivity index (χ4n) is 2.39. The minimum absolute atomic E-state index is 0.0260. The summed E-state index contributed by atoms with van der Waals surface area (Å²) in [7, 11) is 1.67. The number of nitrogens with zero attached hydrogens (tertiary/aromatic N) is 2. The Morgan fingerprint density at radius 1 is 1.30 bits per heavy atom. The quantitative estimate of drug-likeness (QED) is 0.866. The normalized spacial score (nSPS) is 14.4. The Bertz CT molecular complexity index is 525. The van der Waals surface area contributed by atoms with Crippen molar-refractivity contribution in [1.82, 2.24) is 9.80 Å². The summed E-state index contributed by atoms with van der Waals surface area (Å²) >= 11 is 4.26. The van der Waals surface area contributed by atoms with E-state index in [1.807, 2.05) is 24.0 Å². The highest BCUT2D eigenvalue weighted by Crippen LogP contribution is 2.16. The van der Waals surface area contributed by atoms with Crippen LogP contribution in [0.15, 0.2) is 23.1 Å². The number of rotatable bonds is 3. The fourth-order valence-corrected chi connectivity index (χ4v) is 2.59. The molecular formula is C15H20N2O2S. The van der Waals surface area contributed by atoms with Crippen LogP contribution in [0.3, 0.4) is 0 Å². The van der Waals surface area contributed by atoms with Crippen molar-refractivity contribution < 1.29 is 9.59 Å². The van der Waals surface area contributed by atoms with Crippen LogP contribution in [0.2, 0.25) is 0 Å². The zero-order chi connectivity index (χ0) is 14.7. The van der Waals surface area contributed by atoms with Crippen LogP contribution >= 0.6 is 12.6 Å². The minimum atomic E-state index is -0.133. The van der Waals surface area contributed by atoms with Gasteiger partial charge in [0.25, 0.3) is 5.91 Å². The molecule has 5 heteroatoms. The van der Waals surface area contributed by atoms with E-state index in [0.29, 0.717) is 5.56 Å². The van der Waals surface area contributed by atoms with Gasteiger partial charge in [-0.3, -0.25) is 9.59 Å². The van der Waals surface area contributed by atoms with E-state index in [4.69, 9.17) is 0 Å². The maximum Gasteiger partial charge on any atom is 0.254 e. The molecule has 20 heavy (non-hydrogen) atoms. The first-order valence-corrected chi connectivity index (χ1v) is 7.26. The Hall–Kier alpha value is -1.49. The van der Waals surface area contributed by atoms with Crippen LogP contribution in [-0.2, 0) is 4.79 Å². The van der Waals surface area contributed by atoms with E-state index in [2.05, 4.69) is 12.6 Å². The van der Waals surface area contributed by atoms with Crippen molar-refractivity contribution in [3.8, 4) is 0 Å². The first kappa shape index (κ1) is 14.9. The molecular weight excluding hydrogens is 272 g/mol.